The average Bonchev–Trinajstić information content (AvgIpc) is 2.92. The molecule has 1 amide bonds. The number of hydrogen-bond acceptors (Lipinski definition) is 3. The van der Waals surface area contributed by atoms with Gasteiger partial charge in [-0.3, -0.25) is 4.79 Å². The molecule has 2 rings (SSSR count). The van der Waals surface area contributed by atoms with Gasteiger partial charge in [-0.05, 0) is 56.8 Å². The minimum atomic E-state index is -0.0645. The van der Waals surface area contributed by atoms with E-state index in [1.807, 2.05) is 18.2 Å². The van der Waals surface area contributed by atoms with Crippen LogP contribution in [0.1, 0.15) is 42.5 Å². The lowest BCUT2D eigenvalue weighted by Gasteiger charge is -2.13. The Labute approximate surface area is 126 Å². The van der Waals surface area contributed by atoms with E-state index in [-0.39, 0.29) is 18.3 Å². The molecule has 20 heavy (non-hydrogen) atoms. The highest BCUT2D eigenvalue weighted by Crippen LogP contribution is 2.24. The molecule has 112 valence electrons. The predicted molar refractivity (Wildman–Crippen MR) is 82.6 cm³/mol. The van der Waals surface area contributed by atoms with Crippen LogP contribution in [-0.2, 0) is 0 Å². The third-order valence-corrected chi connectivity index (χ3v) is 3.37. The molecule has 0 saturated heterocycles. The Bertz CT molecular complexity index is 420. The molecule has 1 aromatic carbocycles. The van der Waals surface area contributed by atoms with Crippen molar-refractivity contribution in [3.63, 3.8) is 0 Å². The average molecular weight is 299 g/mol. The standard InChI is InChI=1S/C15H22N2O2.ClH/c16-9-4-10-17-15(18)12-5-3-8-14(11-12)19-13-6-1-2-7-13;/h3,5,8,11,13H,1-2,4,6-7,9-10,16H2,(H,17,18);1H. The van der Waals surface area contributed by atoms with E-state index in [1.54, 1.807) is 6.07 Å². The van der Waals surface area contributed by atoms with Crippen molar-refractivity contribution in [2.24, 2.45) is 5.73 Å². The minimum absolute atomic E-state index is 0. The van der Waals surface area contributed by atoms with E-state index < -0.39 is 0 Å². The van der Waals surface area contributed by atoms with Gasteiger partial charge in [-0.2, -0.15) is 0 Å². The first-order valence-corrected chi connectivity index (χ1v) is 7.04. The van der Waals surface area contributed by atoms with E-state index in [0.29, 0.717) is 24.8 Å². The fourth-order valence-electron chi connectivity index (χ4n) is 2.32. The third-order valence-electron chi connectivity index (χ3n) is 3.37. The molecule has 0 aliphatic heterocycles. The van der Waals surface area contributed by atoms with Crippen molar-refractivity contribution in [1.29, 1.82) is 0 Å². The predicted octanol–water partition coefficient (Wildman–Crippen LogP) is 2.51. The zero-order valence-electron chi connectivity index (χ0n) is 11.6. The summed E-state index contributed by atoms with van der Waals surface area (Å²) in [4.78, 5) is 11.9. The number of rotatable bonds is 6. The minimum Gasteiger partial charge on any atom is -0.490 e. The van der Waals surface area contributed by atoms with Gasteiger partial charge < -0.3 is 15.8 Å². The van der Waals surface area contributed by atoms with Gasteiger partial charge in [-0.1, -0.05) is 6.07 Å². The summed E-state index contributed by atoms with van der Waals surface area (Å²) in [5.41, 5.74) is 6.04. The van der Waals surface area contributed by atoms with Crippen LogP contribution in [0.4, 0.5) is 0 Å². The topological polar surface area (TPSA) is 64.3 Å². The van der Waals surface area contributed by atoms with Gasteiger partial charge in [0.2, 0.25) is 0 Å². The largest absolute Gasteiger partial charge is 0.490 e. The lowest BCUT2D eigenvalue weighted by molar-refractivity contribution is 0.0952. The monoisotopic (exact) mass is 298 g/mol. The fourth-order valence-corrected chi connectivity index (χ4v) is 2.32. The van der Waals surface area contributed by atoms with Crippen molar-refractivity contribution in [2.45, 2.75) is 38.2 Å². The highest BCUT2D eigenvalue weighted by Gasteiger charge is 2.16. The molecule has 1 fully saturated rings. The van der Waals surface area contributed by atoms with Crippen LogP contribution < -0.4 is 15.8 Å². The maximum absolute atomic E-state index is 11.9. The lowest BCUT2D eigenvalue weighted by atomic mass is 10.2. The number of hydrogen-bond donors (Lipinski definition) is 2. The Hall–Kier alpha value is -1.26. The summed E-state index contributed by atoms with van der Waals surface area (Å²) in [5.74, 6) is 0.726. The Morgan fingerprint density at radius 2 is 2.10 bits per heavy atom. The number of carbonyl (C=O) groups excluding carboxylic acids is 1. The molecule has 0 aromatic heterocycles. The van der Waals surface area contributed by atoms with Crippen molar-refractivity contribution in [1.82, 2.24) is 5.32 Å². The SMILES string of the molecule is Cl.NCCCNC(=O)c1cccc(OC2CCCC2)c1. The first-order valence-electron chi connectivity index (χ1n) is 7.04. The van der Waals surface area contributed by atoms with Crippen molar-refractivity contribution in [3.8, 4) is 5.75 Å². The third kappa shape index (κ3) is 5.02. The molecule has 1 aliphatic carbocycles. The van der Waals surface area contributed by atoms with E-state index in [9.17, 15) is 4.79 Å². The Kier molecular flexibility index (Phi) is 7.41. The molecular formula is C15H23ClN2O2. The maximum Gasteiger partial charge on any atom is 0.251 e. The molecule has 4 nitrogen and oxygen atoms in total. The molecule has 0 unspecified atom stereocenters. The van der Waals surface area contributed by atoms with Gasteiger partial charge in [0.25, 0.3) is 5.91 Å². The molecule has 1 saturated carbocycles. The van der Waals surface area contributed by atoms with Crippen molar-refractivity contribution in [2.75, 3.05) is 13.1 Å². The van der Waals surface area contributed by atoms with Crippen LogP contribution in [0.25, 0.3) is 0 Å². The van der Waals surface area contributed by atoms with Crippen LogP contribution >= 0.6 is 12.4 Å². The lowest BCUT2D eigenvalue weighted by Crippen LogP contribution is -2.26. The zero-order chi connectivity index (χ0) is 13.5. The fraction of sp³-hybridized carbons (Fsp3) is 0.533. The zero-order valence-corrected chi connectivity index (χ0v) is 12.5. The van der Waals surface area contributed by atoms with Crippen LogP contribution in [0.2, 0.25) is 0 Å². The quantitative estimate of drug-likeness (QED) is 0.793. The van der Waals surface area contributed by atoms with Crippen LogP contribution in [0.3, 0.4) is 0 Å². The Morgan fingerprint density at radius 3 is 2.80 bits per heavy atom. The number of nitrogens with two attached hydrogens (primary N) is 1. The molecular weight excluding hydrogens is 276 g/mol. The number of amides is 1. The van der Waals surface area contributed by atoms with Crippen LogP contribution in [0.5, 0.6) is 5.75 Å². The summed E-state index contributed by atoms with van der Waals surface area (Å²) in [7, 11) is 0. The van der Waals surface area contributed by atoms with Gasteiger partial charge in [0, 0.05) is 12.1 Å². The first kappa shape index (κ1) is 16.8. The second kappa shape index (κ2) is 8.82. The van der Waals surface area contributed by atoms with Gasteiger partial charge in [0.1, 0.15) is 5.75 Å². The molecule has 1 aliphatic rings. The molecule has 3 N–H and O–H groups in total. The second-order valence-electron chi connectivity index (χ2n) is 4.95. The molecule has 0 radical (unpaired) electrons. The Balaban J connectivity index is 0.00000200. The van der Waals surface area contributed by atoms with Crippen LogP contribution in [-0.4, -0.2) is 25.1 Å². The highest BCUT2D eigenvalue weighted by atomic mass is 35.5. The summed E-state index contributed by atoms with van der Waals surface area (Å²) in [6.07, 6.45) is 5.83. The summed E-state index contributed by atoms with van der Waals surface area (Å²) >= 11 is 0. The molecule has 0 bridgehead atoms. The van der Waals surface area contributed by atoms with E-state index in [0.717, 1.165) is 25.0 Å². The molecule has 5 heteroatoms. The number of ether oxygens (including phenoxy) is 1. The second-order valence-corrected chi connectivity index (χ2v) is 4.95. The maximum atomic E-state index is 11.9. The van der Waals surface area contributed by atoms with Gasteiger partial charge in [-0.15, -0.1) is 12.4 Å². The van der Waals surface area contributed by atoms with E-state index >= 15 is 0 Å². The number of halogens is 1. The molecule has 0 atom stereocenters. The number of benzene rings is 1. The first-order chi connectivity index (χ1) is 9.29. The van der Waals surface area contributed by atoms with Crippen molar-refractivity contribution >= 4 is 18.3 Å². The number of carbonyl (C=O) groups is 1. The summed E-state index contributed by atoms with van der Waals surface area (Å²) in [5, 5.41) is 2.85. The van der Waals surface area contributed by atoms with Crippen LogP contribution in [0, 0.1) is 0 Å². The normalized spacial score (nSPS) is 14.7. The van der Waals surface area contributed by atoms with E-state index in [1.165, 1.54) is 12.8 Å². The van der Waals surface area contributed by atoms with Crippen molar-refractivity contribution in [3.05, 3.63) is 29.8 Å². The summed E-state index contributed by atoms with van der Waals surface area (Å²) in [6, 6.07) is 7.40. The molecule has 0 heterocycles. The molecule has 1 aromatic rings. The summed E-state index contributed by atoms with van der Waals surface area (Å²) < 4.78 is 5.89. The van der Waals surface area contributed by atoms with Crippen molar-refractivity contribution < 1.29 is 9.53 Å². The van der Waals surface area contributed by atoms with E-state index in [4.69, 9.17) is 10.5 Å². The van der Waals surface area contributed by atoms with Gasteiger partial charge in [-0.25, -0.2) is 0 Å². The van der Waals surface area contributed by atoms with E-state index in [2.05, 4.69) is 5.32 Å². The Morgan fingerprint density at radius 1 is 1.35 bits per heavy atom. The highest BCUT2D eigenvalue weighted by molar-refractivity contribution is 5.94. The summed E-state index contributed by atoms with van der Waals surface area (Å²) in [6.45, 7) is 1.20. The molecule has 0 spiro atoms. The number of nitrogens with one attached hydrogen (secondary N) is 1. The van der Waals surface area contributed by atoms with Crippen LogP contribution in [0.15, 0.2) is 24.3 Å². The smallest absolute Gasteiger partial charge is 0.251 e. The van der Waals surface area contributed by atoms with Gasteiger partial charge in [0.05, 0.1) is 6.10 Å². The van der Waals surface area contributed by atoms with Gasteiger partial charge in [0.15, 0.2) is 0 Å². The van der Waals surface area contributed by atoms with Gasteiger partial charge >= 0.3 is 0 Å².